The van der Waals surface area contributed by atoms with Gasteiger partial charge in [-0.15, -0.1) is 17.5 Å². The lowest BCUT2D eigenvalue weighted by atomic mass is 9.69. The summed E-state index contributed by atoms with van der Waals surface area (Å²) in [5.74, 6) is 1.53. The monoisotopic (exact) mass is 581 g/mol. The van der Waals surface area contributed by atoms with Gasteiger partial charge < -0.3 is 9.64 Å². The number of anilines is 1. The molecule has 4 atom stereocenters. The minimum Gasteiger partial charge on any atom is -0.490 e. The van der Waals surface area contributed by atoms with Crippen LogP contribution in [0.4, 0.5) is 5.69 Å². The number of ether oxygens (including phenoxy) is 1. The van der Waals surface area contributed by atoms with E-state index in [1.165, 1.54) is 24.0 Å². The van der Waals surface area contributed by atoms with Gasteiger partial charge in [0.15, 0.2) is 0 Å². The van der Waals surface area contributed by atoms with Crippen LogP contribution in [0.5, 0.6) is 5.75 Å². The average Bonchev–Trinajstić information content (AvgIpc) is 3.06. The molecule has 2 aromatic rings. The molecular formula is C32H40ClN3O3S. The van der Waals surface area contributed by atoms with Crippen molar-refractivity contribution in [1.29, 1.82) is 0 Å². The molecule has 0 bridgehead atoms. The number of nitrogens with zero attached hydrogens (tertiary/aromatic N) is 2. The fraction of sp³-hybridized carbons (Fsp3) is 0.469. The van der Waals surface area contributed by atoms with Gasteiger partial charge in [-0.1, -0.05) is 29.8 Å². The van der Waals surface area contributed by atoms with Crippen molar-refractivity contribution in [2.45, 2.75) is 56.8 Å². The average molecular weight is 582 g/mol. The van der Waals surface area contributed by atoms with Gasteiger partial charge in [0.1, 0.15) is 15.7 Å². The summed E-state index contributed by atoms with van der Waals surface area (Å²) in [6.07, 6.45) is 11.5. The quantitative estimate of drug-likeness (QED) is 0.259. The molecule has 2 aliphatic carbocycles. The van der Waals surface area contributed by atoms with Crippen LogP contribution in [0.2, 0.25) is 5.02 Å². The predicted molar refractivity (Wildman–Crippen MR) is 165 cm³/mol. The minimum absolute atomic E-state index is 0.156. The maximum Gasteiger partial charge on any atom is 0.286 e. The van der Waals surface area contributed by atoms with Gasteiger partial charge in [-0.05, 0) is 105 Å². The van der Waals surface area contributed by atoms with Crippen molar-refractivity contribution in [3.8, 4) is 5.75 Å². The predicted octanol–water partition coefficient (Wildman–Crippen LogP) is 6.86. The standard InChI is InChI=1S/C32H40ClN3O3S/c1-3-5-6-17-40(34,38)35-31(37)25-12-15-30-29(19-25)36(20-26-11-10-23(26)8-4-2)21-32(22-39-30)16-7-9-24-18-27(33)13-14-28(24)32/h3-4,12-15,18-19,23,26H,1-2,5-11,16-17,20-22H2,(H2,34,35,37,38)/t23-,26+,32+,40?/m1/s1. The molecule has 2 aromatic carbocycles. The van der Waals surface area contributed by atoms with Gasteiger partial charge in [0.25, 0.3) is 5.91 Å². The highest BCUT2D eigenvalue weighted by Gasteiger charge is 2.43. The number of fused-ring (bicyclic) bond motifs is 3. The van der Waals surface area contributed by atoms with E-state index in [0.717, 1.165) is 55.2 Å². The molecule has 1 unspecified atom stereocenters. The van der Waals surface area contributed by atoms with Crippen molar-refractivity contribution in [3.05, 3.63) is 83.4 Å². The number of halogens is 1. The fourth-order valence-corrected chi connectivity index (χ4v) is 7.86. The van der Waals surface area contributed by atoms with Crippen LogP contribution in [-0.4, -0.2) is 35.6 Å². The zero-order valence-corrected chi connectivity index (χ0v) is 24.7. The second-order valence-electron chi connectivity index (χ2n) is 11.6. The molecule has 8 heteroatoms. The molecule has 214 valence electrons. The van der Waals surface area contributed by atoms with E-state index in [2.05, 4.69) is 34.6 Å². The molecule has 2 N–H and O–H groups in total. The van der Waals surface area contributed by atoms with Crippen molar-refractivity contribution in [1.82, 2.24) is 0 Å². The third-order valence-corrected chi connectivity index (χ3v) is 10.4. The number of carbonyl (C=O) groups excluding carboxylic acids is 1. The van der Waals surface area contributed by atoms with E-state index in [4.69, 9.17) is 21.5 Å². The largest absolute Gasteiger partial charge is 0.490 e. The third kappa shape index (κ3) is 6.17. The second kappa shape index (κ2) is 12.1. The van der Waals surface area contributed by atoms with Crippen LogP contribution in [0.15, 0.2) is 66.1 Å². The first kappa shape index (κ1) is 28.9. The lowest BCUT2D eigenvalue weighted by Crippen LogP contribution is -2.48. The molecule has 40 heavy (non-hydrogen) atoms. The number of benzene rings is 2. The maximum absolute atomic E-state index is 13.2. The van der Waals surface area contributed by atoms with Crippen LogP contribution >= 0.6 is 11.6 Å². The van der Waals surface area contributed by atoms with Crippen LogP contribution in [-0.2, 0) is 21.8 Å². The van der Waals surface area contributed by atoms with E-state index in [0.29, 0.717) is 36.8 Å². The van der Waals surface area contributed by atoms with Crippen LogP contribution in [0, 0.1) is 11.8 Å². The zero-order chi connectivity index (χ0) is 28.3. The van der Waals surface area contributed by atoms with Gasteiger partial charge in [-0.25, -0.2) is 9.35 Å². The molecule has 3 aliphatic rings. The summed E-state index contributed by atoms with van der Waals surface area (Å²) >= 11 is 6.38. The van der Waals surface area contributed by atoms with Gasteiger partial charge in [0.2, 0.25) is 0 Å². The Balaban J connectivity index is 1.50. The lowest BCUT2D eigenvalue weighted by Gasteiger charge is -2.44. The van der Waals surface area contributed by atoms with Gasteiger partial charge in [-0.2, -0.15) is 0 Å². The third-order valence-electron chi connectivity index (χ3n) is 8.87. The van der Waals surface area contributed by atoms with Crippen LogP contribution in [0.1, 0.15) is 66.4 Å². The molecule has 6 nitrogen and oxygen atoms in total. The Morgan fingerprint density at radius 2 is 2.02 bits per heavy atom. The van der Waals surface area contributed by atoms with Crippen molar-refractivity contribution in [3.63, 3.8) is 0 Å². The smallest absolute Gasteiger partial charge is 0.286 e. The van der Waals surface area contributed by atoms with Crippen molar-refractivity contribution < 1.29 is 13.7 Å². The molecule has 1 fully saturated rings. The first-order valence-electron chi connectivity index (χ1n) is 14.3. The lowest BCUT2D eigenvalue weighted by molar-refractivity contribution is 0.100. The highest BCUT2D eigenvalue weighted by atomic mass is 35.5. The molecule has 1 heterocycles. The number of aryl methyl sites for hydroxylation is 1. The summed E-state index contributed by atoms with van der Waals surface area (Å²) in [6, 6.07) is 11.7. The number of carbonyl (C=O) groups is 1. The molecule has 0 aromatic heterocycles. The minimum atomic E-state index is -3.12. The van der Waals surface area contributed by atoms with Gasteiger partial charge >= 0.3 is 0 Å². The molecule has 0 radical (unpaired) electrons. The second-order valence-corrected chi connectivity index (χ2v) is 14.0. The van der Waals surface area contributed by atoms with Crippen LogP contribution < -0.4 is 14.8 Å². The van der Waals surface area contributed by atoms with E-state index in [1.54, 1.807) is 12.1 Å². The summed E-state index contributed by atoms with van der Waals surface area (Å²) in [5, 5.41) is 6.69. The van der Waals surface area contributed by atoms with Crippen molar-refractivity contribution in [2.75, 3.05) is 30.3 Å². The van der Waals surface area contributed by atoms with E-state index in [-0.39, 0.29) is 11.2 Å². The first-order valence-corrected chi connectivity index (χ1v) is 16.5. The number of nitrogens with two attached hydrogens (primary N) is 1. The van der Waals surface area contributed by atoms with E-state index in [1.807, 2.05) is 24.3 Å². The fourth-order valence-electron chi connectivity index (χ4n) is 6.61. The normalized spacial score (nSPS) is 24.9. The van der Waals surface area contributed by atoms with Gasteiger partial charge in [0.05, 0.1) is 12.3 Å². The number of rotatable bonds is 9. The summed E-state index contributed by atoms with van der Waals surface area (Å²) < 4.78 is 23.3. The molecular weight excluding hydrogens is 542 g/mol. The highest BCUT2D eigenvalue weighted by molar-refractivity contribution is 7.91. The topological polar surface area (TPSA) is 85.0 Å². The van der Waals surface area contributed by atoms with Crippen molar-refractivity contribution >= 4 is 33.1 Å². The summed E-state index contributed by atoms with van der Waals surface area (Å²) in [6.45, 7) is 9.87. The Morgan fingerprint density at radius 1 is 1.20 bits per heavy atom. The SMILES string of the molecule is C=CCCCS(N)(=O)=NC(=O)c1ccc2c(c1)N(C[C@@H]1CC[C@H]1CC=C)C[C@@]1(CCCc3cc(Cl)ccc31)CO2. The Labute approximate surface area is 243 Å². The molecule has 1 saturated carbocycles. The van der Waals surface area contributed by atoms with Gasteiger partial charge in [0, 0.05) is 34.8 Å². The molecule has 0 saturated heterocycles. The number of hydrogen-bond acceptors (Lipinski definition) is 4. The Bertz CT molecular complexity index is 1420. The Morgan fingerprint density at radius 3 is 2.77 bits per heavy atom. The summed E-state index contributed by atoms with van der Waals surface area (Å²) in [5.41, 5.74) is 3.69. The maximum atomic E-state index is 13.2. The molecule has 1 spiro atoms. The first-order chi connectivity index (χ1) is 19.2. The summed E-state index contributed by atoms with van der Waals surface area (Å²) in [4.78, 5) is 15.6. The number of unbranched alkanes of at least 4 members (excludes halogenated alkanes) is 1. The molecule has 1 aliphatic heterocycles. The number of hydrogen-bond donors (Lipinski definition) is 1. The number of amides is 1. The molecule has 5 rings (SSSR count). The summed E-state index contributed by atoms with van der Waals surface area (Å²) in [7, 11) is -3.12. The highest BCUT2D eigenvalue weighted by Crippen LogP contribution is 2.46. The van der Waals surface area contributed by atoms with Crippen molar-refractivity contribution in [2.24, 2.45) is 21.3 Å². The van der Waals surface area contributed by atoms with E-state index < -0.39 is 15.8 Å². The van der Waals surface area contributed by atoms with Crippen LogP contribution in [0.3, 0.4) is 0 Å². The van der Waals surface area contributed by atoms with E-state index >= 15 is 0 Å². The number of allylic oxidation sites excluding steroid dienone is 2. The Hall–Kier alpha value is -2.61. The van der Waals surface area contributed by atoms with Gasteiger partial charge in [-0.3, -0.25) is 4.79 Å². The van der Waals surface area contributed by atoms with E-state index in [9.17, 15) is 9.00 Å². The van der Waals surface area contributed by atoms with Crippen LogP contribution in [0.25, 0.3) is 0 Å². The Kier molecular flexibility index (Phi) is 8.74. The molecule has 1 amide bonds. The zero-order valence-electron chi connectivity index (χ0n) is 23.2.